The number of carboxylic acid groups (broad SMARTS) is 1. The zero-order chi connectivity index (χ0) is 24.2. The second-order valence-corrected chi connectivity index (χ2v) is 17.0. The van der Waals surface area contributed by atoms with Crippen molar-refractivity contribution >= 4 is 14.0 Å². The summed E-state index contributed by atoms with van der Waals surface area (Å²) in [5, 5.41) is 9.37. The maximum absolute atomic E-state index is 13.2. The minimum Gasteiger partial charge on any atom is -0.481 e. The zero-order valence-electron chi connectivity index (χ0n) is 20.3. The van der Waals surface area contributed by atoms with E-state index >= 15 is 0 Å². The monoisotopic (exact) mass is 483 g/mol. The first-order valence-corrected chi connectivity index (χ1v) is 16.3. The first-order valence-electron chi connectivity index (χ1n) is 12.6. The number of benzene rings is 1. The van der Waals surface area contributed by atoms with E-state index in [4.69, 9.17) is 0 Å². The van der Waals surface area contributed by atoms with Crippen LogP contribution in [-0.4, -0.2) is 36.6 Å². The van der Waals surface area contributed by atoms with Crippen LogP contribution in [0.4, 0.5) is 13.2 Å². The number of rotatable bonds is 8. The van der Waals surface area contributed by atoms with Gasteiger partial charge in [-0.15, -0.1) is 0 Å². The summed E-state index contributed by atoms with van der Waals surface area (Å²) in [6.07, 6.45) is 4.74. The van der Waals surface area contributed by atoms with E-state index in [-0.39, 0.29) is 18.4 Å². The molecule has 186 valence electrons. The predicted octanol–water partition coefficient (Wildman–Crippen LogP) is 7.61. The molecule has 7 heteroatoms. The van der Waals surface area contributed by atoms with Gasteiger partial charge in [-0.25, -0.2) is 0 Å². The molecule has 1 saturated heterocycles. The Labute approximate surface area is 197 Å². The van der Waals surface area contributed by atoms with Crippen molar-refractivity contribution in [3.63, 3.8) is 0 Å². The Morgan fingerprint density at radius 2 is 1.73 bits per heavy atom. The van der Waals surface area contributed by atoms with E-state index in [1.54, 1.807) is 12.1 Å². The van der Waals surface area contributed by atoms with Crippen LogP contribution in [0.2, 0.25) is 25.7 Å². The minimum absolute atomic E-state index is 0.0149. The fourth-order valence-corrected chi connectivity index (χ4v) is 7.04. The second kappa shape index (κ2) is 10.9. The van der Waals surface area contributed by atoms with Crippen molar-refractivity contribution in [2.45, 2.75) is 102 Å². The maximum Gasteiger partial charge on any atom is 0.416 e. The zero-order valence-corrected chi connectivity index (χ0v) is 21.3. The first kappa shape index (κ1) is 26.3. The number of alkyl halides is 3. The van der Waals surface area contributed by atoms with Crippen molar-refractivity contribution in [2.24, 2.45) is 11.8 Å². The Kier molecular flexibility index (Phi) is 8.70. The SMILES string of the molecule is C[Si](C)(C)CC[C@H](C1CCCCC1)N1CC[C@@H](CC(=O)O)C[C@H]1c1ccc(C(F)(F)F)cc1. The van der Waals surface area contributed by atoms with E-state index in [1.807, 2.05) is 0 Å². The molecule has 1 heterocycles. The van der Waals surface area contributed by atoms with Gasteiger partial charge in [0.25, 0.3) is 0 Å². The molecule has 33 heavy (non-hydrogen) atoms. The van der Waals surface area contributed by atoms with Crippen LogP contribution in [0.1, 0.15) is 75.0 Å². The molecule has 2 aliphatic rings. The van der Waals surface area contributed by atoms with Gasteiger partial charge in [0.05, 0.1) is 5.56 Å². The van der Waals surface area contributed by atoms with Crippen LogP contribution >= 0.6 is 0 Å². The van der Waals surface area contributed by atoms with Crippen LogP contribution in [0.15, 0.2) is 24.3 Å². The van der Waals surface area contributed by atoms with Crippen molar-refractivity contribution in [3.8, 4) is 0 Å². The van der Waals surface area contributed by atoms with E-state index in [2.05, 4.69) is 24.5 Å². The molecule has 3 nitrogen and oxygen atoms in total. The van der Waals surface area contributed by atoms with Crippen LogP contribution in [0.3, 0.4) is 0 Å². The fraction of sp³-hybridized carbons (Fsp3) is 0.731. The summed E-state index contributed by atoms with van der Waals surface area (Å²) in [5.41, 5.74) is 0.269. The summed E-state index contributed by atoms with van der Waals surface area (Å²) in [4.78, 5) is 14.0. The standard InChI is InChI=1S/C26H40F3NO2Si/c1-33(2,3)16-14-23(20-7-5-4-6-8-20)30-15-13-19(18-25(31)32)17-24(30)21-9-11-22(12-10-21)26(27,28)29/h9-12,19-20,23-24H,4-8,13-18H2,1-3H3,(H,31,32)/t19-,23-,24+/m1/s1. The average molecular weight is 484 g/mol. The summed E-state index contributed by atoms with van der Waals surface area (Å²) in [6.45, 7) is 8.03. The Balaban J connectivity index is 1.90. The van der Waals surface area contributed by atoms with Crippen molar-refractivity contribution in [2.75, 3.05) is 6.54 Å². The van der Waals surface area contributed by atoms with Crippen LogP contribution < -0.4 is 0 Å². The van der Waals surface area contributed by atoms with Gasteiger partial charge in [-0.05, 0) is 68.2 Å². The molecule has 3 atom stereocenters. The molecule has 1 aromatic carbocycles. The summed E-state index contributed by atoms with van der Waals surface area (Å²) in [6, 6.07) is 7.27. The predicted molar refractivity (Wildman–Crippen MR) is 129 cm³/mol. The number of aliphatic carboxylic acids is 1. The van der Waals surface area contributed by atoms with E-state index in [0.717, 1.165) is 24.9 Å². The van der Waals surface area contributed by atoms with E-state index in [0.29, 0.717) is 18.4 Å². The number of hydrogen-bond donors (Lipinski definition) is 1. The second-order valence-electron chi connectivity index (χ2n) is 11.4. The van der Waals surface area contributed by atoms with Crippen molar-refractivity contribution < 1.29 is 23.1 Å². The third kappa shape index (κ3) is 7.57. The quantitative estimate of drug-likeness (QED) is 0.387. The van der Waals surface area contributed by atoms with Gasteiger partial charge in [0, 0.05) is 26.6 Å². The lowest BCUT2D eigenvalue weighted by Gasteiger charge is -2.48. The molecule has 0 spiro atoms. The largest absolute Gasteiger partial charge is 0.481 e. The van der Waals surface area contributed by atoms with Crippen molar-refractivity contribution in [3.05, 3.63) is 35.4 Å². The molecule has 0 aromatic heterocycles. The lowest BCUT2D eigenvalue weighted by atomic mass is 9.78. The molecule has 1 saturated carbocycles. The summed E-state index contributed by atoms with van der Waals surface area (Å²) in [7, 11) is -1.24. The normalized spacial score (nSPS) is 24.5. The van der Waals surface area contributed by atoms with Gasteiger partial charge >= 0.3 is 12.1 Å². The summed E-state index contributed by atoms with van der Waals surface area (Å²) >= 11 is 0. The van der Waals surface area contributed by atoms with Gasteiger partial charge in [-0.3, -0.25) is 9.69 Å². The molecule has 0 unspecified atom stereocenters. The fourth-order valence-electron chi connectivity index (χ4n) is 5.88. The van der Waals surface area contributed by atoms with Gasteiger partial charge in [0.15, 0.2) is 0 Å². The third-order valence-corrected chi connectivity index (χ3v) is 9.44. The highest BCUT2D eigenvalue weighted by Crippen LogP contribution is 2.43. The lowest BCUT2D eigenvalue weighted by Crippen LogP contribution is -2.48. The number of carboxylic acids is 1. The molecule has 0 amide bonds. The molecular formula is C26H40F3NO2Si. The lowest BCUT2D eigenvalue weighted by molar-refractivity contribution is -0.139. The smallest absolute Gasteiger partial charge is 0.416 e. The molecule has 1 aliphatic heterocycles. The van der Waals surface area contributed by atoms with Gasteiger partial charge in [0.2, 0.25) is 0 Å². The minimum atomic E-state index is -4.35. The molecule has 1 aliphatic carbocycles. The van der Waals surface area contributed by atoms with Gasteiger partial charge in [-0.1, -0.05) is 57.1 Å². The van der Waals surface area contributed by atoms with E-state index in [1.165, 1.54) is 50.3 Å². The topological polar surface area (TPSA) is 40.5 Å². The molecule has 0 bridgehead atoms. The molecule has 3 rings (SSSR count). The van der Waals surface area contributed by atoms with Crippen LogP contribution in [0.5, 0.6) is 0 Å². The highest BCUT2D eigenvalue weighted by Gasteiger charge is 2.39. The summed E-state index contributed by atoms with van der Waals surface area (Å²) < 4.78 is 39.5. The van der Waals surface area contributed by atoms with Gasteiger partial charge in [0.1, 0.15) is 0 Å². The number of carbonyl (C=O) groups is 1. The number of nitrogens with zero attached hydrogens (tertiary/aromatic N) is 1. The van der Waals surface area contributed by atoms with E-state index < -0.39 is 25.8 Å². The molecule has 0 radical (unpaired) electrons. The average Bonchev–Trinajstić information content (AvgIpc) is 2.74. The van der Waals surface area contributed by atoms with Gasteiger partial charge < -0.3 is 5.11 Å². The highest BCUT2D eigenvalue weighted by atomic mass is 28.3. The molecule has 1 aromatic rings. The number of hydrogen-bond acceptors (Lipinski definition) is 2. The van der Waals surface area contributed by atoms with Crippen molar-refractivity contribution in [1.82, 2.24) is 4.90 Å². The molecule has 1 N–H and O–H groups in total. The van der Waals surface area contributed by atoms with Crippen molar-refractivity contribution in [1.29, 1.82) is 0 Å². The summed E-state index contributed by atoms with van der Waals surface area (Å²) in [5.74, 6) is -0.0969. The Bertz CT molecular complexity index is 769. The van der Waals surface area contributed by atoms with Crippen LogP contribution in [-0.2, 0) is 11.0 Å². The highest BCUT2D eigenvalue weighted by molar-refractivity contribution is 6.76. The Morgan fingerprint density at radius 3 is 2.27 bits per heavy atom. The maximum atomic E-state index is 13.2. The third-order valence-electron chi connectivity index (χ3n) is 7.65. The van der Waals surface area contributed by atoms with Gasteiger partial charge in [-0.2, -0.15) is 13.2 Å². The first-order chi connectivity index (χ1) is 15.4. The van der Waals surface area contributed by atoms with Crippen LogP contribution in [0.25, 0.3) is 0 Å². The van der Waals surface area contributed by atoms with E-state index in [9.17, 15) is 23.1 Å². The number of halogens is 3. The molecule has 2 fully saturated rings. The Morgan fingerprint density at radius 1 is 1.09 bits per heavy atom. The number of piperidine rings is 1. The molecular weight excluding hydrogens is 443 g/mol. The van der Waals surface area contributed by atoms with Crippen LogP contribution in [0, 0.1) is 11.8 Å². The number of likely N-dealkylation sites (tertiary alicyclic amines) is 1. The Hall–Kier alpha value is -1.34.